The highest BCUT2D eigenvalue weighted by Gasteiger charge is 2.23. The van der Waals surface area contributed by atoms with Crippen molar-refractivity contribution < 1.29 is 14.7 Å². The van der Waals surface area contributed by atoms with Gasteiger partial charge in [0.05, 0.1) is 11.9 Å². The molecule has 1 aliphatic heterocycles. The molecule has 1 aromatic carbocycles. The van der Waals surface area contributed by atoms with Crippen molar-refractivity contribution >= 4 is 23.4 Å². The molecule has 1 atom stereocenters. The first-order valence-electron chi connectivity index (χ1n) is 8.39. The van der Waals surface area contributed by atoms with Crippen molar-refractivity contribution in [3.05, 3.63) is 53.7 Å². The number of hydrogen-bond donors (Lipinski definition) is 2. The molecular weight excluding hydrogens is 318 g/mol. The lowest BCUT2D eigenvalue weighted by Crippen LogP contribution is -2.36. The topological polar surface area (TPSA) is 82.5 Å². The van der Waals surface area contributed by atoms with Crippen molar-refractivity contribution in [2.24, 2.45) is 5.92 Å². The van der Waals surface area contributed by atoms with Crippen LogP contribution in [0, 0.1) is 5.92 Å². The molecule has 3 rings (SSSR count). The second-order valence-electron chi connectivity index (χ2n) is 6.41. The molecule has 2 N–H and O–H groups in total. The van der Waals surface area contributed by atoms with Gasteiger partial charge in [0.2, 0.25) is 0 Å². The van der Waals surface area contributed by atoms with Crippen LogP contribution in [0.15, 0.2) is 42.6 Å². The molecule has 0 bridgehead atoms. The fraction of sp³-hybridized carbons (Fsp3) is 0.316. The normalized spacial score (nSPS) is 17.2. The van der Waals surface area contributed by atoms with Gasteiger partial charge in [-0.15, -0.1) is 0 Å². The fourth-order valence-corrected chi connectivity index (χ4v) is 3.11. The molecule has 6 nitrogen and oxygen atoms in total. The number of pyridine rings is 1. The van der Waals surface area contributed by atoms with Gasteiger partial charge in [0, 0.05) is 18.7 Å². The zero-order valence-electron chi connectivity index (χ0n) is 14.1. The molecule has 2 heterocycles. The number of rotatable bonds is 4. The predicted octanol–water partition coefficient (Wildman–Crippen LogP) is 3.27. The third kappa shape index (κ3) is 3.96. The van der Waals surface area contributed by atoms with Crippen molar-refractivity contribution in [2.75, 3.05) is 23.3 Å². The fourth-order valence-electron chi connectivity index (χ4n) is 3.11. The average Bonchev–Trinajstić information content (AvgIpc) is 2.62. The Morgan fingerprint density at radius 3 is 2.72 bits per heavy atom. The highest BCUT2D eigenvalue weighted by atomic mass is 16.4. The Morgan fingerprint density at radius 2 is 2.04 bits per heavy atom. The Morgan fingerprint density at radius 1 is 1.28 bits per heavy atom. The van der Waals surface area contributed by atoms with Crippen LogP contribution >= 0.6 is 0 Å². The van der Waals surface area contributed by atoms with Crippen LogP contribution in [0.4, 0.5) is 11.5 Å². The van der Waals surface area contributed by atoms with Crippen molar-refractivity contribution in [1.29, 1.82) is 0 Å². The number of aromatic nitrogens is 1. The Hall–Kier alpha value is -2.89. The number of anilines is 2. The van der Waals surface area contributed by atoms with Crippen LogP contribution in [-0.2, 0) is 0 Å². The third-order valence-electron chi connectivity index (χ3n) is 4.35. The van der Waals surface area contributed by atoms with Gasteiger partial charge in [-0.1, -0.05) is 25.1 Å². The number of carbonyl (C=O) groups excluding carboxylic acids is 1. The maximum Gasteiger partial charge on any atom is 0.339 e. The Kier molecular flexibility index (Phi) is 4.97. The van der Waals surface area contributed by atoms with Crippen molar-refractivity contribution in [1.82, 2.24) is 4.98 Å². The van der Waals surface area contributed by atoms with Crippen LogP contribution < -0.4 is 10.2 Å². The smallest absolute Gasteiger partial charge is 0.339 e. The summed E-state index contributed by atoms with van der Waals surface area (Å²) in [5.74, 6) is -0.360. The van der Waals surface area contributed by atoms with Crippen LogP contribution in [0.2, 0.25) is 0 Å². The van der Waals surface area contributed by atoms with Crippen LogP contribution in [-0.4, -0.2) is 35.1 Å². The van der Waals surface area contributed by atoms with E-state index in [9.17, 15) is 14.7 Å². The summed E-state index contributed by atoms with van der Waals surface area (Å²) < 4.78 is 0. The van der Waals surface area contributed by atoms with E-state index in [-0.39, 0.29) is 11.5 Å². The average molecular weight is 339 g/mol. The summed E-state index contributed by atoms with van der Waals surface area (Å²) in [6.07, 6.45) is 3.68. The minimum atomic E-state index is -1.04. The quantitative estimate of drug-likeness (QED) is 0.893. The third-order valence-corrected chi connectivity index (χ3v) is 4.35. The molecule has 0 aliphatic carbocycles. The molecule has 2 aromatic rings. The first-order valence-corrected chi connectivity index (χ1v) is 8.39. The van der Waals surface area contributed by atoms with E-state index in [1.165, 1.54) is 12.3 Å². The predicted molar refractivity (Wildman–Crippen MR) is 96.2 cm³/mol. The van der Waals surface area contributed by atoms with Crippen LogP contribution in [0.5, 0.6) is 0 Å². The molecule has 0 saturated carbocycles. The lowest BCUT2D eigenvalue weighted by atomic mass is 10.00. The summed E-state index contributed by atoms with van der Waals surface area (Å²) in [6.45, 7) is 3.75. The second kappa shape index (κ2) is 7.34. The van der Waals surface area contributed by atoms with E-state index in [2.05, 4.69) is 17.2 Å². The summed E-state index contributed by atoms with van der Waals surface area (Å²) in [4.78, 5) is 30.3. The SMILES string of the molecule is CC1CCCN(c2ncc(NC(=O)c3ccccc3)cc2C(=O)O)C1. The number of carbonyl (C=O) groups is 2. The molecule has 1 amide bonds. The van der Waals surface area contributed by atoms with E-state index in [1.54, 1.807) is 24.3 Å². The molecule has 1 aliphatic rings. The highest BCUT2D eigenvalue weighted by molar-refractivity contribution is 6.05. The number of nitrogens with zero attached hydrogens (tertiary/aromatic N) is 2. The molecule has 0 radical (unpaired) electrons. The summed E-state index contributed by atoms with van der Waals surface area (Å²) in [5, 5.41) is 12.3. The van der Waals surface area contributed by atoms with Gasteiger partial charge in [0.1, 0.15) is 11.4 Å². The van der Waals surface area contributed by atoms with Gasteiger partial charge in [-0.05, 0) is 37.0 Å². The van der Waals surface area contributed by atoms with Crippen molar-refractivity contribution in [3.8, 4) is 0 Å². The molecular formula is C19H21N3O3. The van der Waals surface area contributed by atoms with E-state index < -0.39 is 5.97 Å². The number of piperidine rings is 1. The minimum absolute atomic E-state index is 0.111. The maximum atomic E-state index is 12.2. The lowest BCUT2D eigenvalue weighted by Gasteiger charge is -2.32. The molecule has 25 heavy (non-hydrogen) atoms. The number of benzene rings is 1. The van der Waals surface area contributed by atoms with Gasteiger partial charge in [-0.2, -0.15) is 0 Å². The highest BCUT2D eigenvalue weighted by Crippen LogP contribution is 2.26. The van der Waals surface area contributed by atoms with Gasteiger partial charge in [-0.25, -0.2) is 9.78 Å². The Balaban J connectivity index is 1.84. The van der Waals surface area contributed by atoms with Gasteiger partial charge >= 0.3 is 5.97 Å². The zero-order valence-corrected chi connectivity index (χ0v) is 14.1. The van der Waals surface area contributed by atoms with E-state index in [0.717, 1.165) is 25.9 Å². The van der Waals surface area contributed by atoms with Crippen molar-refractivity contribution in [2.45, 2.75) is 19.8 Å². The number of hydrogen-bond acceptors (Lipinski definition) is 4. The molecule has 0 spiro atoms. The number of amides is 1. The van der Waals surface area contributed by atoms with E-state index in [4.69, 9.17) is 0 Å². The largest absolute Gasteiger partial charge is 0.478 e. The van der Waals surface area contributed by atoms with Crippen LogP contribution in [0.1, 0.15) is 40.5 Å². The Bertz CT molecular complexity index is 777. The van der Waals surface area contributed by atoms with Gasteiger partial charge in [-0.3, -0.25) is 4.79 Å². The second-order valence-corrected chi connectivity index (χ2v) is 6.41. The van der Waals surface area contributed by atoms with E-state index >= 15 is 0 Å². The maximum absolute atomic E-state index is 12.2. The number of carboxylic acid groups (broad SMARTS) is 1. The van der Waals surface area contributed by atoms with Gasteiger partial charge < -0.3 is 15.3 Å². The summed E-state index contributed by atoms with van der Waals surface area (Å²) in [5.41, 5.74) is 0.994. The first-order chi connectivity index (χ1) is 12.0. The zero-order chi connectivity index (χ0) is 17.8. The molecule has 1 aromatic heterocycles. The van der Waals surface area contributed by atoms with Gasteiger partial charge in [0.25, 0.3) is 5.91 Å². The molecule has 130 valence electrons. The van der Waals surface area contributed by atoms with Crippen molar-refractivity contribution in [3.63, 3.8) is 0 Å². The van der Waals surface area contributed by atoms with E-state index in [0.29, 0.717) is 23.0 Å². The summed E-state index contributed by atoms with van der Waals surface area (Å²) in [7, 11) is 0. The lowest BCUT2D eigenvalue weighted by molar-refractivity contribution is 0.0696. The molecule has 1 fully saturated rings. The Labute approximate surface area is 146 Å². The van der Waals surface area contributed by atoms with E-state index in [1.807, 2.05) is 11.0 Å². The molecule has 1 unspecified atom stereocenters. The van der Waals surface area contributed by atoms with Gasteiger partial charge in [0.15, 0.2) is 0 Å². The number of aromatic carboxylic acids is 1. The van der Waals surface area contributed by atoms with Crippen LogP contribution in [0.25, 0.3) is 0 Å². The van der Waals surface area contributed by atoms with Crippen LogP contribution in [0.3, 0.4) is 0 Å². The molecule has 1 saturated heterocycles. The first kappa shape index (κ1) is 17.0. The summed E-state index contributed by atoms with van der Waals surface area (Å²) >= 11 is 0. The molecule has 6 heteroatoms. The summed E-state index contributed by atoms with van der Waals surface area (Å²) in [6, 6.07) is 10.3. The standard InChI is InChI=1S/C19H21N3O3/c1-13-6-5-9-22(12-13)17-16(19(24)25)10-15(11-20-17)21-18(23)14-7-3-2-4-8-14/h2-4,7-8,10-11,13H,5-6,9,12H2,1H3,(H,21,23)(H,24,25). The number of nitrogens with one attached hydrogen (secondary N) is 1. The number of carboxylic acids is 1. The minimum Gasteiger partial charge on any atom is -0.478 e. The monoisotopic (exact) mass is 339 g/mol.